The normalized spacial score (nSPS) is 10.1. The van der Waals surface area contributed by atoms with Crippen molar-refractivity contribution in [2.45, 2.75) is 0 Å². The molecule has 2 aromatic rings. The third-order valence-corrected chi connectivity index (χ3v) is 2.72. The molecule has 1 heterocycles. The summed E-state index contributed by atoms with van der Waals surface area (Å²) in [5.41, 5.74) is 1.12. The van der Waals surface area contributed by atoms with E-state index in [-0.39, 0.29) is 17.0 Å². The third-order valence-electron chi connectivity index (χ3n) is 2.72. The first-order valence-electron chi connectivity index (χ1n) is 5.64. The van der Waals surface area contributed by atoms with Crippen LogP contribution in [0.25, 0.3) is 11.1 Å². The van der Waals surface area contributed by atoms with Gasteiger partial charge in [-0.15, -0.1) is 0 Å². The zero-order chi connectivity index (χ0) is 14.7. The van der Waals surface area contributed by atoms with Crippen LogP contribution in [0.15, 0.2) is 36.5 Å². The number of carbonyl (C=O) groups is 2. The van der Waals surface area contributed by atoms with Crippen molar-refractivity contribution in [1.82, 2.24) is 4.98 Å². The predicted molar refractivity (Wildman–Crippen MR) is 70.1 cm³/mol. The van der Waals surface area contributed by atoms with E-state index >= 15 is 0 Å². The number of hydrogen-bond donors (Lipinski definition) is 2. The fraction of sp³-hybridized carbons (Fsp3) is 0.0714. The smallest absolute Gasteiger partial charge is 0.341 e. The number of benzene rings is 1. The number of rotatable bonds is 4. The number of carboxylic acid groups (broad SMARTS) is 2. The summed E-state index contributed by atoms with van der Waals surface area (Å²) in [4.78, 5) is 26.0. The van der Waals surface area contributed by atoms with Gasteiger partial charge in [-0.05, 0) is 23.8 Å². The van der Waals surface area contributed by atoms with Crippen molar-refractivity contribution in [2.24, 2.45) is 0 Å². The molecule has 2 rings (SSSR count). The highest BCUT2D eigenvalue weighted by Gasteiger charge is 2.14. The molecule has 0 saturated heterocycles. The summed E-state index contributed by atoms with van der Waals surface area (Å²) >= 11 is 0. The maximum absolute atomic E-state index is 11.1. The number of pyridine rings is 1. The van der Waals surface area contributed by atoms with Crippen molar-refractivity contribution >= 4 is 11.9 Å². The highest BCUT2D eigenvalue weighted by Crippen LogP contribution is 2.25. The predicted octanol–water partition coefficient (Wildman–Crippen LogP) is 2.15. The number of carboxylic acids is 2. The molecular formula is C14H11NO5. The number of nitrogens with zero attached hydrogens (tertiary/aromatic N) is 1. The van der Waals surface area contributed by atoms with Gasteiger partial charge < -0.3 is 14.9 Å². The molecule has 102 valence electrons. The Hall–Kier alpha value is -2.89. The summed E-state index contributed by atoms with van der Waals surface area (Å²) < 4.78 is 4.87. The summed E-state index contributed by atoms with van der Waals surface area (Å²) in [5.74, 6) is -2.20. The quantitative estimate of drug-likeness (QED) is 0.886. The minimum absolute atomic E-state index is 0.00985. The van der Waals surface area contributed by atoms with Gasteiger partial charge in [0.05, 0.1) is 12.7 Å². The molecule has 6 heteroatoms. The Morgan fingerprint density at radius 2 is 1.85 bits per heavy atom. The topological polar surface area (TPSA) is 96.7 Å². The summed E-state index contributed by atoms with van der Waals surface area (Å²) in [7, 11) is 1.33. The van der Waals surface area contributed by atoms with Crippen LogP contribution in [0.4, 0.5) is 0 Å². The molecule has 0 unspecified atom stereocenters. The van der Waals surface area contributed by atoms with E-state index < -0.39 is 11.9 Å². The van der Waals surface area contributed by atoms with Gasteiger partial charge in [-0.2, -0.15) is 0 Å². The van der Waals surface area contributed by atoms with Crippen LogP contribution >= 0.6 is 0 Å². The van der Waals surface area contributed by atoms with Crippen molar-refractivity contribution in [3.8, 4) is 17.0 Å². The Labute approximate surface area is 114 Å². The number of hydrogen-bond acceptors (Lipinski definition) is 4. The second kappa shape index (κ2) is 5.40. The van der Waals surface area contributed by atoms with Crippen LogP contribution < -0.4 is 4.74 Å². The van der Waals surface area contributed by atoms with Gasteiger partial charge in [0.1, 0.15) is 5.56 Å². The Morgan fingerprint density at radius 1 is 1.10 bits per heavy atom. The van der Waals surface area contributed by atoms with Crippen molar-refractivity contribution in [1.29, 1.82) is 0 Å². The van der Waals surface area contributed by atoms with E-state index in [0.29, 0.717) is 11.1 Å². The largest absolute Gasteiger partial charge is 0.480 e. The standard InChI is InChI=1S/C14H11NO5/c1-20-12-11(14(18)19)6-10(7-15-12)8-3-2-4-9(5-8)13(16)17/h2-7H,1H3,(H,16,17)(H,18,19). The molecule has 0 radical (unpaired) electrons. The van der Waals surface area contributed by atoms with Crippen LogP contribution in [0.3, 0.4) is 0 Å². The van der Waals surface area contributed by atoms with Gasteiger partial charge in [0.2, 0.25) is 5.88 Å². The lowest BCUT2D eigenvalue weighted by Crippen LogP contribution is -2.03. The SMILES string of the molecule is COc1ncc(-c2cccc(C(=O)O)c2)cc1C(=O)O. The average Bonchev–Trinajstić information content (AvgIpc) is 2.46. The van der Waals surface area contributed by atoms with Gasteiger partial charge in [-0.1, -0.05) is 12.1 Å². The number of aromatic nitrogens is 1. The van der Waals surface area contributed by atoms with Crippen LogP contribution in [-0.4, -0.2) is 34.2 Å². The molecular weight excluding hydrogens is 262 g/mol. The van der Waals surface area contributed by atoms with Crippen molar-refractivity contribution in [2.75, 3.05) is 7.11 Å². The van der Waals surface area contributed by atoms with Crippen LogP contribution in [0.1, 0.15) is 20.7 Å². The van der Waals surface area contributed by atoms with Crippen molar-refractivity contribution < 1.29 is 24.5 Å². The molecule has 0 fully saturated rings. The molecule has 0 aliphatic rings. The van der Waals surface area contributed by atoms with Crippen LogP contribution in [0.2, 0.25) is 0 Å². The molecule has 0 aliphatic carbocycles. The molecule has 1 aromatic heterocycles. The monoisotopic (exact) mass is 273 g/mol. The highest BCUT2D eigenvalue weighted by atomic mass is 16.5. The van der Waals surface area contributed by atoms with Gasteiger partial charge in [0.15, 0.2) is 0 Å². The fourth-order valence-electron chi connectivity index (χ4n) is 1.76. The highest BCUT2D eigenvalue weighted by molar-refractivity contribution is 5.92. The summed E-state index contributed by atoms with van der Waals surface area (Å²) in [6.45, 7) is 0. The van der Waals surface area contributed by atoms with E-state index in [1.807, 2.05) is 0 Å². The third kappa shape index (κ3) is 2.59. The van der Waals surface area contributed by atoms with Gasteiger partial charge >= 0.3 is 11.9 Å². The second-order valence-electron chi connectivity index (χ2n) is 3.97. The molecule has 20 heavy (non-hydrogen) atoms. The van der Waals surface area contributed by atoms with E-state index in [1.54, 1.807) is 12.1 Å². The summed E-state index contributed by atoms with van der Waals surface area (Å²) in [6.07, 6.45) is 1.44. The lowest BCUT2D eigenvalue weighted by atomic mass is 10.0. The van der Waals surface area contributed by atoms with E-state index in [2.05, 4.69) is 4.98 Å². The van der Waals surface area contributed by atoms with E-state index in [9.17, 15) is 9.59 Å². The molecule has 1 aromatic carbocycles. The lowest BCUT2D eigenvalue weighted by Gasteiger charge is -2.07. The first kappa shape index (κ1) is 13.5. The first-order chi connectivity index (χ1) is 9.52. The summed E-state index contributed by atoms with van der Waals surface area (Å²) in [6, 6.07) is 7.58. The zero-order valence-electron chi connectivity index (χ0n) is 10.5. The van der Waals surface area contributed by atoms with Crippen LogP contribution in [0, 0.1) is 0 Å². The molecule has 0 saturated carbocycles. The fourth-order valence-corrected chi connectivity index (χ4v) is 1.76. The van der Waals surface area contributed by atoms with Crippen LogP contribution in [0.5, 0.6) is 5.88 Å². The summed E-state index contributed by atoms with van der Waals surface area (Å²) in [5, 5.41) is 18.0. The maximum atomic E-state index is 11.1. The molecule has 0 spiro atoms. The van der Waals surface area contributed by atoms with E-state index in [0.717, 1.165) is 0 Å². The van der Waals surface area contributed by atoms with Gasteiger partial charge in [0.25, 0.3) is 0 Å². The molecule has 0 bridgehead atoms. The Balaban J connectivity index is 2.53. The van der Waals surface area contributed by atoms with Gasteiger partial charge in [-0.25, -0.2) is 14.6 Å². The number of aromatic carboxylic acids is 2. The van der Waals surface area contributed by atoms with Crippen molar-refractivity contribution in [3.63, 3.8) is 0 Å². The van der Waals surface area contributed by atoms with E-state index in [4.69, 9.17) is 14.9 Å². The second-order valence-corrected chi connectivity index (χ2v) is 3.97. The zero-order valence-corrected chi connectivity index (χ0v) is 10.5. The van der Waals surface area contributed by atoms with Crippen LogP contribution in [-0.2, 0) is 0 Å². The van der Waals surface area contributed by atoms with Gasteiger partial charge in [-0.3, -0.25) is 0 Å². The molecule has 6 nitrogen and oxygen atoms in total. The minimum Gasteiger partial charge on any atom is -0.480 e. The Morgan fingerprint density at radius 3 is 2.45 bits per heavy atom. The molecule has 0 amide bonds. The Bertz CT molecular complexity index is 681. The number of methoxy groups -OCH3 is 1. The first-order valence-corrected chi connectivity index (χ1v) is 5.64. The van der Waals surface area contributed by atoms with Gasteiger partial charge in [0, 0.05) is 11.8 Å². The lowest BCUT2D eigenvalue weighted by molar-refractivity contribution is 0.0683. The van der Waals surface area contributed by atoms with E-state index in [1.165, 1.54) is 31.5 Å². The number of ether oxygens (including phenoxy) is 1. The molecule has 2 N–H and O–H groups in total. The average molecular weight is 273 g/mol. The van der Waals surface area contributed by atoms with Crippen molar-refractivity contribution in [3.05, 3.63) is 47.7 Å². The molecule has 0 aliphatic heterocycles. The maximum Gasteiger partial charge on any atom is 0.341 e. The molecule has 0 atom stereocenters. The Kier molecular flexibility index (Phi) is 3.65. The minimum atomic E-state index is -1.16.